The summed E-state index contributed by atoms with van der Waals surface area (Å²) in [6.07, 6.45) is 0.474. The molecule has 40 heavy (non-hydrogen) atoms. The summed E-state index contributed by atoms with van der Waals surface area (Å²) >= 11 is 0. The number of nitrogen functional groups attached to an aromatic ring is 1. The third kappa shape index (κ3) is 3.92. The first-order valence-corrected chi connectivity index (χ1v) is 13.1. The Bertz CT molecular complexity index is 1400. The van der Waals surface area contributed by atoms with Crippen molar-refractivity contribution in [3.63, 3.8) is 0 Å². The van der Waals surface area contributed by atoms with E-state index in [0.29, 0.717) is 0 Å². The normalized spacial score (nSPS) is 26.8. The minimum Gasteiger partial charge on any atom is -0.510 e. The van der Waals surface area contributed by atoms with Crippen LogP contribution in [0, 0.1) is 17.7 Å². The number of carbonyl (C=O) groups excluding carboxylic acids is 3. The van der Waals surface area contributed by atoms with Gasteiger partial charge in [-0.15, -0.1) is 0 Å². The first-order valence-electron chi connectivity index (χ1n) is 13.1. The molecule has 8 N–H and O–H groups in total. The number of benzene rings is 1. The van der Waals surface area contributed by atoms with Crippen molar-refractivity contribution in [3.05, 3.63) is 45.2 Å². The number of aromatic hydroxyl groups is 1. The van der Waals surface area contributed by atoms with Crippen molar-refractivity contribution in [1.82, 2.24) is 9.80 Å². The fraction of sp³-hybridized carbons (Fsp3) is 0.536. The second-order valence-corrected chi connectivity index (χ2v) is 11.9. The van der Waals surface area contributed by atoms with Crippen molar-refractivity contribution in [2.45, 2.75) is 63.8 Å². The Hall–Kier alpha value is -3.48. The summed E-state index contributed by atoms with van der Waals surface area (Å²) in [5, 5.41) is 44.8. The molecule has 4 rings (SSSR count). The molecule has 0 aromatic heterocycles. The second-order valence-electron chi connectivity index (χ2n) is 11.9. The average molecular weight is 561 g/mol. The minimum atomic E-state index is -2.77. The highest BCUT2D eigenvalue weighted by Gasteiger charge is 2.63. The second kappa shape index (κ2) is 9.57. The highest BCUT2D eigenvalue weighted by atomic mass is 19.1. The van der Waals surface area contributed by atoms with Crippen LogP contribution in [0.4, 0.5) is 10.1 Å². The molecule has 218 valence electrons. The van der Waals surface area contributed by atoms with E-state index < -0.39 is 75.2 Å². The number of ketones is 2. The number of nitrogens with zero attached hydrogens (tertiary/aromatic N) is 2. The molecular weight excluding hydrogens is 523 g/mol. The van der Waals surface area contributed by atoms with Gasteiger partial charge in [0.05, 0.1) is 17.3 Å². The minimum absolute atomic E-state index is 0.0303. The Labute approximate surface area is 231 Å². The molecule has 1 aromatic rings. The van der Waals surface area contributed by atoms with Gasteiger partial charge >= 0.3 is 0 Å². The summed E-state index contributed by atoms with van der Waals surface area (Å²) in [6, 6.07) is -1.13. The maximum atomic E-state index is 16.1. The SMILES string of the molecule is CCC(C)(C)N(C)Cc1c(N)c(O)c2c(c1F)C[C@H]1C[C@H]3[C@H](N(C)C)C(O)=C(C(N)=O)C(=O)[C@@]3(O)C(O)=C1C2=O. The van der Waals surface area contributed by atoms with Gasteiger partial charge in [-0.1, -0.05) is 6.92 Å². The van der Waals surface area contributed by atoms with Crippen molar-refractivity contribution in [2.75, 3.05) is 26.9 Å². The number of allylic oxidation sites excluding steroid dienone is 1. The lowest BCUT2D eigenvalue weighted by Gasteiger charge is -2.50. The first kappa shape index (κ1) is 29.5. The van der Waals surface area contributed by atoms with E-state index in [4.69, 9.17) is 11.5 Å². The Kier molecular flexibility index (Phi) is 7.05. The van der Waals surface area contributed by atoms with E-state index in [2.05, 4.69) is 0 Å². The molecule has 0 saturated heterocycles. The lowest BCUT2D eigenvalue weighted by molar-refractivity contribution is -0.148. The zero-order valence-corrected chi connectivity index (χ0v) is 23.5. The van der Waals surface area contributed by atoms with Crippen LogP contribution in [0.15, 0.2) is 22.7 Å². The number of carbonyl (C=O) groups is 3. The number of phenols is 1. The van der Waals surface area contributed by atoms with Gasteiger partial charge in [0.2, 0.25) is 5.78 Å². The number of likely N-dealkylation sites (N-methyl/N-ethyl adjacent to an activating group) is 1. The number of hydrogen-bond acceptors (Lipinski definition) is 10. The van der Waals surface area contributed by atoms with Crippen LogP contribution in [0.25, 0.3) is 0 Å². The predicted octanol–water partition coefficient (Wildman–Crippen LogP) is 1.46. The van der Waals surface area contributed by atoms with E-state index in [0.717, 1.165) is 6.42 Å². The number of hydrogen-bond donors (Lipinski definition) is 6. The van der Waals surface area contributed by atoms with Gasteiger partial charge in [0.1, 0.15) is 28.7 Å². The van der Waals surface area contributed by atoms with Crippen LogP contribution in [0.5, 0.6) is 5.75 Å². The maximum Gasteiger partial charge on any atom is 0.255 e. The van der Waals surface area contributed by atoms with Gasteiger partial charge in [-0.3, -0.25) is 24.2 Å². The number of anilines is 1. The van der Waals surface area contributed by atoms with Crippen molar-refractivity contribution in [1.29, 1.82) is 0 Å². The largest absolute Gasteiger partial charge is 0.510 e. The molecule has 1 aromatic carbocycles. The van der Waals surface area contributed by atoms with Gasteiger partial charge in [0, 0.05) is 34.7 Å². The van der Waals surface area contributed by atoms with E-state index in [1.54, 1.807) is 7.05 Å². The number of halogens is 1. The van der Waals surface area contributed by atoms with E-state index >= 15 is 4.39 Å². The lowest BCUT2D eigenvalue weighted by Crippen LogP contribution is -2.63. The molecule has 0 spiro atoms. The van der Waals surface area contributed by atoms with Gasteiger partial charge in [-0.25, -0.2) is 4.39 Å². The van der Waals surface area contributed by atoms with Crippen molar-refractivity contribution >= 4 is 23.2 Å². The third-order valence-electron chi connectivity index (χ3n) is 9.26. The fourth-order valence-electron chi connectivity index (χ4n) is 6.29. The molecule has 0 unspecified atom stereocenters. The molecule has 1 amide bonds. The van der Waals surface area contributed by atoms with E-state index in [1.165, 1.54) is 19.0 Å². The van der Waals surface area contributed by atoms with Crippen molar-refractivity contribution < 1.29 is 39.2 Å². The highest BCUT2D eigenvalue weighted by Crippen LogP contribution is 2.53. The van der Waals surface area contributed by atoms with Crippen LogP contribution < -0.4 is 11.5 Å². The summed E-state index contributed by atoms with van der Waals surface area (Å²) < 4.78 is 16.1. The monoisotopic (exact) mass is 560 g/mol. The Morgan fingerprint density at radius 2 is 1.77 bits per heavy atom. The van der Waals surface area contributed by atoms with Crippen molar-refractivity contribution in [3.8, 4) is 5.75 Å². The summed E-state index contributed by atoms with van der Waals surface area (Å²) in [6.45, 7) is 6.00. The summed E-state index contributed by atoms with van der Waals surface area (Å²) in [5.41, 5.74) is 6.31. The third-order valence-corrected chi connectivity index (χ3v) is 9.26. The number of phenolic OH excluding ortho intramolecular Hbond substituents is 1. The summed E-state index contributed by atoms with van der Waals surface area (Å²) in [4.78, 5) is 42.5. The Morgan fingerprint density at radius 1 is 1.18 bits per heavy atom. The summed E-state index contributed by atoms with van der Waals surface area (Å²) in [7, 11) is 4.87. The zero-order chi connectivity index (χ0) is 30.2. The van der Waals surface area contributed by atoms with Crippen LogP contribution in [0.3, 0.4) is 0 Å². The van der Waals surface area contributed by atoms with Gasteiger partial charge in [-0.05, 0) is 60.2 Å². The average Bonchev–Trinajstić information content (AvgIpc) is 2.86. The highest BCUT2D eigenvalue weighted by molar-refractivity contribution is 6.24. The molecule has 11 nitrogen and oxygen atoms in total. The number of amides is 1. The van der Waals surface area contributed by atoms with Crippen LogP contribution in [0.1, 0.15) is 55.1 Å². The molecule has 0 heterocycles. The van der Waals surface area contributed by atoms with E-state index in [9.17, 15) is 34.8 Å². The molecule has 0 bridgehead atoms. The lowest BCUT2D eigenvalue weighted by atomic mass is 9.58. The number of rotatable bonds is 6. The molecule has 0 saturated carbocycles. The van der Waals surface area contributed by atoms with Crippen LogP contribution in [-0.2, 0) is 22.6 Å². The molecule has 3 aliphatic rings. The van der Waals surface area contributed by atoms with Crippen LogP contribution in [0.2, 0.25) is 0 Å². The number of fused-ring (bicyclic) bond motifs is 3. The van der Waals surface area contributed by atoms with Gasteiger partial charge in [-0.2, -0.15) is 0 Å². The Morgan fingerprint density at radius 3 is 2.30 bits per heavy atom. The smallest absolute Gasteiger partial charge is 0.255 e. The number of primary amides is 1. The summed E-state index contributed by atoms with van der Waals surface area (Å²) in [5.74, 6) is -8.78. The number of aliphatic hydroxyl groups excluding tert-OH is 2. The quantitative estimate of drug-likeness (QED) is 0.169. The Balaban J connectivity index is 1.91. The molecule has 3 aliphatic carbocycles. The van der Waals surface area contributed by atoms with Gasteiger partial charge in [0.25, 0.3) is 5.91 Å². The number of nitrogens with two attached hydrogens (primary N) is 2. The fourth-order valence-corrected chi connectivity index (χ4v) is 6.29. The van der Waals surface area contributed by atoms with Gasteiger partial charge < -0.3 is 31.9 Å². The van der Waals surface area contributed by atoms with Crippen LogP contribution >= 0.6 is 0 Å². The zero-order valence-electron chi connectivity index (χ0n) is 23.5. The standard InChI is InChI=1S/C28H37FN4O7/c1-7-27(2,3)33(6)10-13-18(29)12-8-11-9-14-20(32(4)5)23(36)17(26(31)39)25(38)28(14,40)24(37)15(11)21(34)16(12)22(35)19(13)30/h11,14,20,35-37,40H,7-10,30H2,1-6H3,(H2,31,39)/t11-,14-,20-,28-/m0/s1. The first-order chi connectivity index (χ1) is 18.4. The number of aliphatic hydroxyl groups is 3. The van der Waals surface area contributed by atoms with Crippen LogP contribution in [-0.4, -0.2) is 86.0 Å². The van der Waals surface area contributed by atoms with Gasteiger partial charge in [0.15, 0.2) is 11.4 Å². The molecule has 12 heteroatoms. The van der Waals surface area contributed by atoms with E-state index in [-0.39, 0.29) is 47.3 Å². The molecule has 0 radical (unpaired) electrons. The maximum absolute atomic E-state index is 16.1. The molecule has 0 aliphatic heterocycles. The predicted molar refractivity (Wildman–Crippen MR) is 144 cm³/mol. The molecule has 0 fully saturated rings. The molecule has 4 atom stereocenters. The van der Waals surface area contributed by atoms with E-state index in [1.807, 2.05) is 25.7 Å². The topological polar surface area (TPSA) is 191 Å². The number of Topliss-reactive ketones (excluding diaryl/α,β-unsaturated/α-hetero) is 2. The molecular formula is C28H37FN4O7. The van der Waals surface area contributed by atoms with Crippen molar-refractivity contribution in [2.24, 2.45) is 17.6 Å².